The molecule has 1 saturated heterocycles. The highest BCUT2D eigenvalue weighted by Crippen LogP contribution is 2.37. The van der Waals surface area contributed by atoms with Gasteiger partial charge in [0, 0.05) is 18.0 Å². The fraction of sp³-hybridized carbons (Fsp3) is 0.455. The van der Waals surface area contributed by atoms with E-state index in [-0.39, 0.29) is 4.90 Å². The van der Waals surface area contributed by atoms with E-state index in [1.807, 2.05) is 4.31 Å². The lowest BCUT2D eigenvalue weighted by Crippen LogP contribution is -2.31. The molecule has 6 heteroatoms. The Balaban J connectivity index is 2.14. The summed E-state index contributed by atoms with van der Waals surface area (Å²) < 4.78 is 45.3. The molecule has 0 spiro atoms. The molecular formula is C11H12F3NOS. The smallest absolute Gasteiger partial charge is 0.379 e. The Bertz CT molecular complexity index is 377. The van der Waals surface area contributed by atoms with Crippen molar-refractivity contribution in [1.29, 1.82) is 0 Å². The van der Waals surface area contributed by atoms with Crippen molar-refractivity contribution < 1.29 is 17.9 Å². The van der Waals surface area contributed by atoms with Gasteiger partial charge in [-0.2, -0.15) is 13.2 Å². The zero-order valence-electron chi connectivity index (χ0n) is 9.04. The molecule has 0 saturated carbocycles. The lowest BCUT2D eigenvalue weighted by atomic mass is 10.2. The minimum atomic E-state index is -4.30. The summed E-state index contributed by atoms with van der Waals surface area (Å²) in [4.78, 5) is 0.252. The highest BCUT2D eigenvalue weighted by molar-refractivity contribution is 7.97. The van der Waals surface area contributed by atoms with Crippen LogP contribution < -0.4 is 0 Å². The monoisotopic (exact) mass is 263 g/mol. The summed E-state index contributed by atoms with van der Waals surface area (Å²) in [5, 5.41) is 0. The minimum absolute atomic E-state index is 0.252. The third-order valence-electron chi connectivity index (χ3n) is 2.39. The average Bonchev–Trinajstić information content (AvgIpc) is 2.30. The first kappa shape index (κ1) is 12.7. The van der Waals surface area contributed by atoms with E-state index in [1.165, 1.54) is 12.1 Å². The normalized spacial score (nSPS) is 18.3. The predicted octanol–water partition coefficient (Wildman–Crippen LogP) is 3.04. The van der Waals surface area contributed by atoms with Gasteiger partial charge in [-0.05, 0) is 24.1 Å². The molecule has 0 unspecified atom stereocenters. The molecule has 0 radical (unpaired) electrons. The fourth-order valence-electron chi connectivity index (χ4n) is 1.56. The van der Waals surface area contributed by atoms with Crippen LogP contribution in [0.4, 0.5) is 13.2 Å². The topological polar surface area (TPSA) is 12.5 Å². The average molecular weight is 263 g/mol. The van der Waals surface area contributed by atoms with E-state index < -0.39 is 11.7 Å². The molecule has 0 N–H and O–H groups in total. The second-order valence-corrected chi connectivity index (χ2v) is 4.77. The number of morpholine rings is 1. The van der Waals surface area contributed by atoms with Gasteiger partial charge in [0.05, 0.1) is 18.8 Å². The van der Waals surface area contributed by atoms with E-state index in [2.05, 4.69) is 0 Å². The van der Waals surface area contributed by atoms with Gasteiger partial charge in [-0.3, -0.25) is 0 Å². The van der Waals surface area contributed by atoms with E-state index in [9.17, 15) is 13.2 Å². The van der Waals surface area contributed by atoms with Gasteiger partial charge in [0.1, 0.15) is 0 Å². The maximum atomic E-state index is 12.7. The van der Waals surface area contributed by atoms with Crippen LogP contribution in [0.5, 0.6) is 0 Å². The second-order valence-electron chi connectivity index (χ2n) is 3.63. The molecule has 1 aliphatic rings. The highest BCUT2D eigenvalue weighted by atomic mass is 32.2. The van der Waals surface area contributed by atoms with Crippen LogP contribution >= 0.6 is 11.9 Å². The molecule has 0 amide bonds. The zero-order chi connectivity index (χ0) is 12.3. The van der Waals surface area contributed by atoms with Gasteiger partial charge >= 0.3 is 6.18 Å². The zero-order valence-corrected chi connectivity index (χ0v) is 9.85. The fourth-order valence-corrected chi connectivity index (χ4v) is 2.59. The van der Waals surface area contributed by atoms with Crippen LogP contribution in [0.15, 0.2) is 29.2 Å². The number of ether oxygens (including phenoxy) is 1. The number of nitrogens with zero attached hydrogens (tertiary/aromatic N) is 1. The Morgan fingerprint density at radius 3 is 2.41 bits per heavy atom. The van der Waals surface area contributed by atoms with Gasteiger partial charge in [-0.15, -0.1) is 0 Å². The predicted molar refractivity (Wildman–Crippen MR) is 59.7 cm³/mol. The van der Waals surface area contributed by atoms with Gasteiger partial charge in [-0.1, -0.05) is 12.1 Å². The van der Waals surface area contributed by atoms with Crippen molar-refractivity contribution in [3.8, 4) is 0 Å². The summed E-state index contributed by atoms with van der Waals surface area (Å²) >= 11 is 1.15. The molecule has 1 fully saturated rings. The largest absolute Gasteiger partial charge is 0.417 e. The molecule has 0 atom stereocenters. The standard InChI is InChI=1S/C11H12F3NOS/c12-11(13,14)9-3-1-2-4-10(9)17-15-5-7-16-8-6-15/h1-4H,5-8H2. The number of hydrogen-bond donors (Lipinski definition) is 0. The van der Waals surface area contributed by atoms with E-state index in [0.717, 1.165) is 18.0 Å². The number of halogens is 3. The summed E-state index contributed by atoms with van der Waals surface area (Å²) in [7, 11) is 0. The van der Waals surface area contributed by atoms with Crippen molar-refractivity contribution in [2.24, 2.45) is 0 Å². The molecular weight excluding hydrogens is 251 g/mol. The quantitative estimate of drug-likeness (QED) is 0.761. The Kier molecular flexibility index (Phi) is 3.96. The Morgan fingerprint density at radius 1 is 1.12 bits per heavy atom. The first-order valence-electron chi connectivity index (χ1n) is 5.24. The number of benzene rings is 1. The van der Waals surface area contributed by atoms with E-state index in [0.29, 0.717) is 26.3 Å². The number of alkyl halides is 3. The van der Waals surface area contributed by atoms with Crippen LogP contribution in [0.25, 0.3) is 0 Å². The van der Waals surface area contributed by atoms with Crippen LogP contribution in [0.2, 0.25) is 0 Å². The lowest BCUT2D eigenvalue weighted by molar-refractivity contribution is -0.139. The van der Waals surface area contributed by atoms with Gasteiger partial charge in [-0.25, -0.2) is 4.31 Å². The highest BCUT2D eigenvalue weighted by Gasteiger charge is 2.33. The van der Waals surface area contributed by atoms with E-state index in [4.69, 9.17) is 4.74 Å². The molecule has 0 aliphatic carbocycles. The number of hydrogen-bond acceptors (Lipinski definition) is 3. The summed E-state index contributed by atoms with van der Waals surface area (Å²) in [6, 6.07) is 5.65. The summed E-state index contributed by atoms with van der Waals surface area (Å²) in [6.45, 7) is 2.44. The summed E-state index contributed by atoms with van der Waals surface area (Å²) in [6.07, 6.45) is -4.30. The van der Waals surface area contributed by atoms with Gasteiger partial charge in [0.2, 0.25) is 0 Å². The minimum Gasteiger partial charge on any atom is -0.379 e. The molecule has 2 rings (SSSR count). The molecule has 1 aromatic carbocycles. The van der Waals surface area contributed by atoms with Crippen LogP contribution in [0.3, 0.4) is 0 Å². The Hall–Kier alpha value is -0.720. The van der Waals surface area contributed by atoms with Crippen molar-refractivity contribution in [1.82, 2.24) is 4.31 Å². The van der Waals surface area contributed by atoms with Crippen molar-refractivity contribution in [2.45, 2.75) is 11.1 Å². The van der Waals surface area contributed by atoms with E-state index in [1.54, 1.807) is 6.07 Å². The molecule has 94 valence electrons. The van der Waals surface area contributed by atoms with Crippen LogP contribution in [-0.4, -0.2) is 30.6 Å². The SMILES string of the molecule is FC(F)(F)c1ccccc1SN1CCOCC1. The third kappa shape index (κ3) is 3.37. The molecule has 17 heavy (non-hydrogen) atoms. The first-order valence-corrected chi connectivity index (χ1v) is 6.01. The summed E-state index contributed by atoms with van der Waals surface area (Å²) in [5.74, 6) is 0. The van der Waals surface area contributed by atoms with Crippen LogP contribution in [-0.2, 0) is 10.9 Å². The van der Waals surface area contributed by atoms with Crippen LogP contribution in [0.1, 0.15) is 5.56 Å². The molecule has 0 aromatic heterocycles. The van der Waals surface area contributed by atoms with Crippen molar-refractivity contribution in [3.05, 3.63) is 29.8 Å². The van der Waals surface area contributed by atoms with Crippen molar-refractivity contribution >= 4 is 11.9 Å². The van der Waals surface area contributed by atoms with Gasteiger partial charge in [0.25, 0.3) is 0 Å². The van der Waals surface area contributed by atoms with Gasteiger partial charge in [0.15, 0.2) is 0 Å². The molecule has 1 heterocycles. The third-order valence-corrected chi connectivity index (χ3v) is 3.57. The summed E-state index contributed by atoms with van der Waals surface area (Å²) in [5.41, 5.74) is -0.573. The maximum Gasteiger partial charge on any atom is 0.417 e. The van der Waals surface area contributed by atoms with Crippen LogP contribution in [0, 0.1) is 0 Å². The maximum absolute atomic E-state index is 12.7. The van der Waals surface area contributed by atoms with Gasteiger partial charge < -0.3 is 4.74 Å². The first-order chi connectivity index (χ1) is 8.07. The number of rotatable bonds is 2. The second kappa shape index (κ2) is 5.29. The molecule has 0 bridgehead atoms. The lowest BCUT2D eigenvalue weighted by Gasteiger charge is -2.26. The Morgan fingerprint density at radius 2 is 1.76 bits per heavy atom. The molecule has 1 aromatic rings. The molecule has 2 nitrogen and oxygen atoms in total. The van der Waals surface area contributed by atoms with Crippen molar-refractivity contribution in [2.75, 3.05) is 26.3 Å². The Labute approximate surface area is 102 Å². The van der Waals surface area contributed by atoms with E-state index >= 15 is 0 Å². The van der Waals surface area contributed by atoms with Crippen molar-refractivity contribution in [3.63, 3.8) is 0 Å². The molecule has 1 aliphatic heterocycles.